The molecular formula is C14H18N2O3S. The molecule has 0 fully saturated rings. The van der Waals surface area contributed by atoms with Gasteiger partial charge >= 0.3 is 0 Å². The smallest absolute Gasteiger partial charge is 0.243 e. The summed E-state index contributed by atoms with van der Waals surface area (Å²) in [6.07, 6.45) is 1.52. The highest BCUT2D eigenvalue weighted by Gasteiger charge is 2.24. The van der Waals surface area contributed by atoms with Crippen molar-refractivity contribution in [1.29, 1.82) is 0 Å². The van der Waals surface area contributed by atoms with E-state index in [9.17, 15) is 8.42 Å². The Balaban J connectivity index is 2.40. The third-order valence-corrected chi connectivity index (χ3v) is 5.12. The molecule has 108 valence electrons. The van der Waals surface area contributed by atoms with E-state index >= 15 is 0 Å². The van der Waals surface area contributed by atoms with Crippen molar-refractivity contribution >= 4 is 15.7 Å². The Morgan fingerprint density at radius 2 is 2.00 bits per heavy atom. The summed E-state index contributed by atoms with van der Waals surface area (Å²) >= 11 is 0. The first-order valence-electron chi connectivity index (χ1n) is 6.18. The predicted octanol–water partition coefficient (Wildman–Crippen LogP) is 2.30. The Bertz CT molecular complexity index is 706. The van der Waals surface area contributed by atoms with Crippen LogP contribution in [0.15, 0.2) is 39.8 Å². The van der Waals surface area contributed by atoms with Gasteiger partial charge in [-0.25, -0.2) is 8.42 Å². The fraction of sp³-hybridized carbons (Fsp3) is 0.286. The average Bonchev–Trinajstić information content (AvgIpc) is 2.86. The van der Waals surface area contributed by atoms with Crippen LogP contribution in [0.2, 0.25) is 0 Å². The second kappa shape index (κ2) is 5.30. The molecule has 0 bridgehead atoms. The van der Waals surface area contributed by atoms with Crippen LogP contribution in [0.3, 0.4) is 0 Å². The van der Waals surface area contributed by atoms with Gasteiger partial charge in [0.1, 0.15) is 5.76 Å². The van der Waals surface area contributed by atoms with Gasteiger partial charge in [-0.05, 0) is 49.2 Å². The number of rotatable bonds is 4. The van der Waals surface area contributed by atoms with Crippen molar-refractivity contribution in [3.05, 3.63) is 47.4 Å². The highest BCUT2D eigenvalue weighted by atomic mass is 32.2. The number of nitrogens with zero attached hydrogens (tertiary/aromatic N) is 1. The third-order valence-electron chi connectivity index (χ3n) is 3.19. The van der Waals surface area contributed by atoms with E-state index in [1.807, 2.05) is 6.92 Å². The summed E-state index contributed by atoms with van der Waals surface area (Å²) in [5.41, 5.74) is 7.72. The fourth-order valence-corrected chi connectivity index (χ4v) is 3.47. The maximum Gasteiger partial charge on any atom is 0.243 e. The number of hydrogen-bond donors (Lipinski definition) is 1. The van der Waals surface area contributed by atoms with Gasteiger partial charge in [0.05, 0.1) is 17.7 Å². The first-order valence-corrected chi connectivity index (χ1v) is 7.62. The van der Waals surface area contributed by atoms with Gasteiger partial charge in [-0.3, -0.25) is 0 Å². The molecule has 6 heteroatoms. The maximum atomic E-state index is 12.6. The molecule has 2 rings (SSSR count). The SMILES string of the molecule is Cc1cc(N)c(C)c(S(=O)(=O)N(C)Cc2ccco2)c1. The molecule has 0 aliphatic heterocycles. The van der Waals surface area contributed by atoms with Crippen molar-refractivity contribution in [2.45, 2.75) is 25.3 Å². The molecular weight excluding hydrogens is 276 g/mol. The zero-order valence-corrected chi connectivity index (χ0v) is 12.6. The number of anilines is 1. The Hall–Kier alpha value is -1.79. The van der Waals surface area contributed by atoms with Crippen molar-refractivity contribution in [2.75, 3.05) is 12.8 Å². The molecule has 20 heavy (non-hydrogen) atoms. The quantitative estimate of drug-likeness (QED) is 0.878. The molecule has 2 N–H and O–H groups in total. The third kappa shape index (κ3) is 2.71. The fourth-order valence-electron chi connectivity index (χ4n) is 2.00. The van der Waals surface area contributed by atoms with Crippen molar-refractivity contribution in [3.8, 4) is 0 Å². The Morgan fingerprint density at radius 3 is 2.60 bits per heavy atom. The number of nitrogens with two attached hydrogens (primary N) is 1. The van der Waals surface area contributed by atoms with Crippen molar-refractivity contribution < 1.29 is 12.8 Å². The lowest BCUT2D eigenvalue weighted by molar-refractivity contribution is 0.406. The van der Waals surface area contributed by atoms with Crippen LogP contribution in [-0.2, 0) is 16.6 Å². The van der Waals surface area contributed by atoms with Crippen LogP contribution in [0.5, 0.6) is 0 Å². The second-order valence-electron chi connectivity index (χ2n) is 4.82. The molecule has 0 aliphatic rings. The summed E-state index contributed by atoms with van der Waals surface area (Å²) < 4.78 is 31.7. The van der Waals surface area contributed by atoms with E-state index in [1.54, 1.807) is 31.2 Å². The van der Waals surface area contributed by atoms with Gasteiger partial charge in [0.25, 0.3) is 0 Å². The molecule has 1 aromatic heterocycles. The van der Waals surface area contributed by atoms with E-state index in [2.05, 4.69) is 0 Å². The van der Waals surface area contributed by atoms with E-state index in [1.165, 1.54) is 17.6 Å². The molecule has 0 saturated heterocycles. The molecule has 0 aliphatic carbocycles. The van der Waals surface area contributed by atoms with E-state index in [-0.39, 0.29) is 11.4 Å². The van der Waals surface area contributed by atoms with Gasteiger partial charge in [-0.15, -0.1) is 0 Å². The van der Waals surface area contributed by atoms with E-state index in [4.69, 9.17) is 10.2 Å². The zero-order valence-electron chi connectivity index (χ0n) is 11.8. The molecule has 1 heterocycles. The van der Waals surface area contributed by atoms with Crippen LogP contribution in [0, 0.1) is 13.8 Å². The summed E-state index contributed by atoms with van der Waals surface area (Å²) in [6.45, 7) is 3.71. The van der Waals surface area contributed by atoms with Crippen LogP contribution >= 0.6 is 0 Å². The lowest BCUT2D eigenvalue weighted by Crippen LogP contribution is -2.27. The number of aryl methyl sites for hydroxylation is 1. The highest BCUT2D eigenvalue weighted by molar-refractivity contribution is 7.89. The molecule has 1 aromatic carbocycles. The largest absolute Gasteiger partial charge is 0.468 e. The van der Waals surface area contributed by atoms with Crippen LogP contribution in [0.25, 0.3) is 0 Å². The number of benzene rings is 1. The van der Waals surface area contributed by atoms with E-state index in [0.29, 0.717) is 17.0 Å². The van der Waals surface area contributed by atoms with Gasteiger partial charge in [-0.1, -0.05) is 0 Å². The van der Waals surface area contributed by atoms with E-state index < -0.39 is 10.0 Å². The average molecular weight is 294 g/mol. The Morgan fingerprint density at radius 1 is 1.30 bits per heavy atom. The van der Waals surface area contributed by atoms with Crippen LogP contribution in [0.1, 0.15) is 16.9 Å². The van der Waals surface area contributed by atoms with Gasteiger partial charge in [0.2, 0.25) is 10.0 Å². The minimum Gasteiger partial charge on any atom is -0.468 e. The minimum atomic E-state index is -3.60. The maximum absolute atomic E-state index is 12.6. The molecule has 0 radical (unpaired) electrons. The first-order chi connectivity index (χ1) is 9.32. The number of nitrogen functional groups attached to an aromatic ring is 1. The summed E-state index contributed by atoms with van der Waals surface area (Å²) in [5, 5.41) is 0. The topological polar surface area (TPSA) is 76.5 Å². The van der Waals surface area contributed by atoms with Crippen molar-refractivity contribution in [3.63, 3.8) is 0 Å². The van der Waals surface area contributed by atoms with Gasteiger partial charge in [0, 0.05) is 12.7 Å². The Labute approximate surface area is 119 Å². The van der Waals surface area contributed by atoms with Gasteiger partial charge < -0.3 is 10.2 Å². The second-order valence-corrected chi connectivity index (χ2v) is 6.83. The highest BCUT2D eigenvalue weighted by Crippen LogP contribution is 2.26. The normalized spacial score (nSPS) is 12.0. The molecule has 0 atom stereocenters. The molecule has 5 nitrogen and oxygen atoms in total. The van der Waals surface area contributed by atoms with E-state index in [0.717, 1.165) is 5.56 Å². The van der Waals surface area contributed by atoms with Crippen molar-refractivity contribution in [2.24, 2.45) is 0 Å². The molecule has 0 saturated carbocycles. The van der Waals surface area contributed by atoms with Crippen molar-refractivity contribution in [1.82, 2.24) is 4.31 Å². The minimum absolute atomic E-state index is 0.183. The lowest BCUT2D eigenvalue weighted by atomic mass is 10.1. The molecule has 0 unspecified atom stereocenters. The standard InChI is InChI=1S/C14H18N2O3S/c1-10-7-13(15)11(2)14(8-10)20(17,18)16(3)9-12-5-4-6-19-12/h4-8H,9,15H2,1-3H3. The van der Waals surface area contributed by atoms with Crippen LogP contribution < -0.4 is 5.73 Å². The Kier molecular flexibility index (Phi) is 3.87. The molecule has 0 spiro atoms. The zero-order chi connectivity index (χ0) is 14.9. The monoisotopic (exact) mass is 294 g/mol. The van der Waals surface area contributed by atoms with Gasteiger partial charge in [-0.2, -0.15) is 4.31 Å². The summed E-state index contributed by atoms with van der Waals surface area (Å²) in [6, 6.07) is 6.87. The first kappa shape index (κ1) is 14.6. The molecule has 0 amide bonds. The van der Waals surface area contributed by atoms with Gasteiger partial charge in [0.15, 0.2) is 0 Å². The summed E-state index contributed by atoms with van der Waals surface area (Å²) in [7, 11) is -2.07. The lowest BCUT2D eigenvalue weighted by Gasteiger charge is -2.18. The van der Waals surface area contributed by atoms with Crippen LogP contribution in [-0.4, -0.2) is 19.8 Å². The summed E-state index contributed by atoms with van der Waals surface area (Å²) in [4.78, 5) is 0.240. The van der Waals surface area contributed by atoms with Crippen LogP contribution in [0.4, 0.5) is 5.69 Å². The summed E-state index contributed by atoms with van der Waals surface area (Å²) in [5.74, 6) is 0.592. The number of furan rings is 1. The number of hydrogen-bond acceptors (Lipinski definition) is 4. The number of sulfonamides is 1. The predicted molar refractivity (Wildman–Crippen MR) is 77.7 cm³/mol. The molecule has 2 aromatic rings.